The lowest BCUT2D eigenvalue weighted by atomic mass is 10.0. The fourth-order valence-electron chi connectivity index (χ4n) is 4.14. The van der Waals surface area contributed by atoms with Crippen molar-refractivity contribution >= 4 is 28.5 Å². The molecule has 1 aromatic heterocycles. The molecule has 4 rings (SSSR count). The van der Waals surface area contributed by atoms with Crippen molar-refractivity contribution in [2.45, 2.75) is 38.7 Å². The molecule has 0 bridgehead atoms. The van der Waals surface area contributed by atoms with Gasteiger partial charge in [0.15, 0.2) is 0 Å². The van der Waals surface area contributed by atoms with Gasteiger partial charge in [-0.05, 0) is 56.0 Å². The van der Waals surface area contributed by atoms with E-state index in [1.165, 1.54) is 0 Å². The van der Waals surface area contributed by atoms with Gasteiger partial charge in [0.05, 0.1) is 24.5 Å². The fourth-order valence-corrected chi connectivity index (χ4v) is 4.14. The van der Waals surface area contributed by atoms with Crippen molar-refractivity contribution in [1.82, 2.24) is 5.32 Å². The summed E-state index contributed by atoms with van der Waals surface area (Å²) >= 11 is 0. The van der Waals surface area contributed by atoms with E-state index in [1.807, 2.05) is 13.0 Å². The molecule has 0 saturated carbocycles. The van der Waals surface area contributed by atoms with E-state index in [0.29, 0.717) is 34.7 Å². The topological polar surface area (TPSA) is 107 Å². The van der Waals surface area contributed by atoms with Crippen LogP contribution in [0.1, 0.15) is 40.7 Å². The number of methoxy groups -OCH3 is 1. The van der Waals surface area contributed by atoms with Gasteiger partial charge in [0.1, 0.15) is 11.3 Å². The second kappa shape index (κ2) is 10.5. The van der Waals surface area contributed by atoms with Gasteiger partial charge >= 0.3 is 5.63 Å². The maximum atomic E-state index is 12.7. The van der Waals surface area contributed by atoms with Gasteiger partial charge in [-0.1, -0.05) is 12.1 Å². The fraction of sp³-hybridized carbons (Fsp3) is 0.346. The first-order valence-corrected chi connectivity index (χ1v) is 11.3. The summed E-state index contributed by atoms with van der Waals surface area (Å²) in [6.07, 6.45) is 2.24. The largest absolute Gasteiger partial charge is 0.497 e. The molecule has 2 aromatic carbocycles. The van der Waals surface area contributed by atoms with Crippen molar-refractivity contribution in [3.8, 4) is 5.75 Å². The van der Waals surface area contributed by atoms with Crippen LogP contribution in [0.3, 0.4) is 0 Å². The second-order valence-corrected chi connectivity index (χ2v) is 8.29. The van der Waals surface area contributed by atoms with Crippen LogP contribution in [0.4, 0.5) is 5.69 Å². The number of anilines is 1. The summed E-state index contributed by atoms with van der Waals surface area (Å²) in [6.45, 7) is 2.99. The van der Waals surface area contributed by atoms with E-state index >= 15 is 0 Å². The minimum absolute atomic E-state index is 0.0312. The molecule has 2 heterocycles. The Bertz CT molecular complexity index is 1260. The monoisotopic (exact) mass is 464 g/mol. The number of fused-ring (bicyclic) bond motifs is 1. The Labute approximate surface area is 197 Å². The zero-order chi connectivity index (χ0) is 24.1. The van der Waals surface area contributed by atoms with E-state index in [2.05, 4.69) is 10.6 Å². The highest BCUT2D eigenvalue weighted by Gasteiger charge is 2.19. The molecule has 8 nitrogen and oxygen atoms in total. The van der Waals surface area contributed by atoms with E-state index in [0.717, 1.165) is 30.4 Å². The van der Waals surface area contributed by atoms with Crippen molar-refractivity contribution in [3.05, 3.63) is 69.6 Å². The molecule has 1 aliphatic rings. The van der Waals surface area contributed by atoms with Crippen LogP contribution in [0.5, 0.6) is 5.75 Å². The number of benzene rings is 2. The zero-order valence-electron chi connectivity index (χ0n) is 19.3. The molecule has 2 N–H and O–H groups in total. The molecule has 0 spiro atoms. The third-order valence-electron chi connectivity index (χ3n) is 6.06. The highest BCUT2D eigenvalue weighted by molar-refractivity contribution is 6.03. The number of para-hydroxylation sites is 1. The van der Waals surface area contributed by atoms with Crippen molar-refractivity contribution < 1.29 is 23.5 Å². The summed E-state index contributed by atoms with van der Waals surface area (Å²) in [5, 5.41) is 6.47. The lowest BCUT2D eigenvalue weighted by Crippen LogP contribution is -2.32. The first-order valence-electron chi connectivity index (χ1n) is 11.3. The third kappa shape index (κ3) is 5.28. The van der Waals surface area contributed by atoms with Gasteiger partial charge in [-0.2, -0.15) is 0 Å². The third-order valence-corrected chi connectivity index (χ3v) is 6.06. The Morgan fingerprint density at radius 1 is 1.18 bits per heavy atom. The second-order valence-electron chi connectivity index (χ2n) is 8.29. The lowest BCUT2D eigenvalue weighted by molar-refractivity contribution is -0.116. The molecule has 34 heavy (non-hydrogen) atoms. The number of carbonyl (C=O) groups is 2. The van der Waals surface area contributed by atoms with Crippen LogP contribution in [-0.4, -0.2) is 38.2 Å². The number of amides is 2. The first-order chi connectivity index (χ1) is 16.5. The highest BCUT2D eigenvalue weighted by atomic mass is 16.5. The lowest BCUT2D eigenvalue weighted by Gasteiger charge is -2.14. The van der Waals surface area contributed by atoms with Crippen LogP contribution in [0, 0.1) is 6.92 Å². The van der Waals surface area contributed by atoms with Gasteiger partial charge in [-0.25, -0.2) is 4.79 Å². The van der Waals surface area contributed by atoms with Crippen molar-refractivity contribution in [3.63, 3.8) is 0 Å². The molecule has 1 fully saturated rings. The van der Waals surface area contributed by atoms with Gasteiger partial charge in [0.2, 0.25) is 5.91 Å². The van der Waals surface area contributed by atoms with E-state index in [1.54, 1.807) is 43.5 Å². The normalized spacial score (nSPS) is 15.3. The quantitative estimate of drug-likeness (QED) is 0.494. The molecule has 1 aliphatic heterocycles. The maximum Gasteiger partial charge on any atom is 0.339 e. The molecule has 1 atom stereocenters. The average Bonchev–Trinajstić information content (AvgIpc) is 3.36. The Kier molecular flexibility index (Phi) is 7.27. The summed E-state index contributed by atoms with van der Waals surface area (Å²) < 4.78 is 16.2. The molecule has 0 aliphatic carbocycles. The molecular weight excluding hydrogens is 436 g/mol. The van der Waals surface area contributed by atoms with Crippen LogP contribution in [-0.2, 0) is 16.0 Å². The minimum Gasteiger partial charge on any atom is -0.497 e. The molecule has 3 aromatic rings. The van der Waals surface area contributed by atoms with Gasteiger partial charge in [-0.15, -0.1) is 0 Å². The molecule has 178 valence electrons. The van der Waals surface area contributed by atoms with Crippen molar-refractivity contribution in [2.24, 2.45) is 0 Å². The van der Waals surface area contributed by atoms with Crippen LogP contribution >= 0.6 is 0 Å². The maximum absolute atomic E-state index is 12.7. The SMILES string of the molecule is COc1ccc2c(C)c(CCC(=O)Nc3ccccc3C(=O)NC[C@@H]3CCCO3)c(=O)oc2c1. The Morgan fingerprint density at radius 3 is 2.76 bits per heavy atom. The average molecular weight is 465 g/mol. The summed E-state index contributed by atoms with van der Waals surface area (Å²) in [5.41, 5.74) is 2.00. The van der Waals surface area contributed by atoms with Gasteiger partial charge in [-0.3, -0.25) is 9.59 Å². The smallest absolute Gasteiger partial charge is 0.339 e. The van der Waals surface area contributed by atoms with Gasteiger partial charge in [0.25, 0.3) is 5.91 Å². The van der Waals surface area contributed by atoms with E-state index in [9.17, 15) is 14.4 Å². The molecule has 8 heteroatoms. The summed E-state index contributed by atoms with van der Waals surface area (Å²) in [5.74, 6) is 0.0292. The molecule has 2 amide bonds. The van der Waals surface area contributed by atoms with E-state index < -0.39 is 5.63 Å². The predicted molar refractivity (Wildman–Crippen MR) is 128 cm³/mol. The van der Waals surface area contributed by atoms with Crippen LogP contribution < -0.4 is 21.0 Å². The van der Waals surface area contributed by atoms with Crippen molar-refractivity contribution in [1.29, 1.82) is 0 Å². The Balaban J connectivity index is 1.42. The van der Waals surface area contributed by atoms with Crippen molar-refractivity contribution in [2.75, 3.05) is 25.6 Å². The number of aryl methyl sites for hydroxylation is 1. The van der Waals surface area contributed by atoms with Crippen LogP contribution in [0.15, 0.2) is 51.7 Å². The van der Waals surface area contributed by atoms with E-state index in [4.69, 9.17) is 13.9 Å². The zero-order valence-corrected chi connectivity index (χ0v) is 19.3. The Hall–Kier alpha value is -3.65. The Morgan fingerprint density at radius 2 is 2.00 bits per heavy atom. The highest BCUT2D eigenvalue weighted by Crippen LogP contribution is 2.24. The molecule has 1 saturated heterocycles. The van der Waals surface area contributed by atoms with Gasteiger partial charge in [0, 0.05) is 36.6 Å². The van der Waals surface area contributed by atoms with Crippen LogP contribution in [0.2, 0.25) is 0 Å². The summed E-state index contributed by atoms with van der Waals surface area (Å²) in [7, 11) is 1.55. The van der Waals surface area contributed by atoms with Crippen LogP contribution in [0.25, 0.3) is 11.0 Å². The molecule has 0 unspecified atom stereocenters. The summed E-state index contributed by atoms with van der Waals surface area (Å²) in [6, 6.07) is 12.1. The first kappa shape index (κ1) is 23.5. The number of rotatable bonds is 8. The van der Waals surface area contributed by atoms with E-state index in [-0.39, 0.29) is 30.8 Å². The summed E-state index contributed by atoms with van der Waals surface area (Å²) in [4.78, 5) is 37.9. The number of ether oxygens (including phenoxy) is 2. The minimum atomic E-state index is -0.472. The number of hydrogen-bond donors (Lipinski definition) is 2. The number of nitrogens with one attached hydrogen (secondary N) is 2. The number of hydrogen-bond acceptors (Lipinski definition) is 6. The van der Waals surface area contributed by atoms with Gasteiger partial charge < -0.3 is 24.5 Å². The predicted octanol–water partition coefficient (Wildman–Crippen LogP) is 3.59. The standard InChI is InChI=1S/C26H28N2O6/c1-16-19-10-9-17(32-2)14-23(19)34-26(31)20(16)11-12-24(29)28-22-8-4-3-7-21(22)25(30)27-15-18-6-5-13-33-18/h3-4,7-10,14,18H,5-6,11-13,15H2,1-2H3,(H,27,30)(H,28,29)/t18-/m0/s1. The number of carbonyl (C=O) groups excluding carboxylic acids is 2. The molecule has 0 radical (unpaired) electrons. The molecular formula is C26H28N2O6.